The van der Waals surface area contributed by atoms with Crippen LogP contribution < -0.4 is 0 Å². The summed E-state index contributed by atoms with van der Waals surface area (Å²) in [7, 11) is 1.96. The summed E-state index contributed by atoms with van der Waals surface area (Å²) in [5, 5.41) is 1.05. The smallest absolute Gasteiger partial charge is 0.281 e. The van der Waals surface area contributed by atoms with Gasteiger partial charge >= 0.3 is 0 Å². The summed E-state index contributed by atoms with van der Waals surface area (Å²) in [6.45, 7) is 0. The van der Waals surface area contributed by atoms with Crippen molar-refractivity contribution >= 4 is 28.8 Å². The standard InChI is InChI=1S/C10H17NOS2/c1-11(8-4-2-3-5-8)10(12)14-7-9-6-13-9/h8-9H,2-7H2,1H3. The van der Waals surface area contributed by atoms with E-state index in [0.29, 0.717) is 6.04 Å². The van der Waals surface area contributed by atoms with Gasteiger partial charge in [-0.15, -0.1) is 0 Å². The number of amides is 1. The van der Waals surface area contributed by atoms with Crippen molar-refractivity contribution in [2.75, 3.05) is 18.6 Å². The van der Waals surface area contributed by atoms with E-state index in [2.05, 4.69) is 0 Å². The summed E-state index contributed by atoms with van der Waals surface area (Å²) in [5.41, 5.74) is 0. The highest BCUT2D eigenvalue weighted by Gasteiger charge is 2.27. The van der Waals surface area contributed by atoms with E-state index in [0.717, 1.165) is 11.0 Å². The van der Waals surface area contributed by atoms with E-state index in [9.17, 15) is 4.79 Å². The highest BCUT2D eigenvalue weighted by molar-refractivity contribution is 8.15. The summed E-state index contributed by atoms with van der Waals surface area (Å²) < 4.78 is 0. The Morgan fingerprint density at radius 2 is 2.14 bits per heavy atom. The van der Waals surface area contributed by atoms with Crippen molar-refractivity contribution in [3.8, 4) is 0 Å². The van der Waals surface area contributed by atoms with Gasteiger partial charge in [0, 0.05) is 29.8 Å². The number of carbonyl (C=O) groups is 1. The second-order valence-corrected chi connectivity index (χ2v) is 6.39. The van der Waals surface area contributed by atoms with Crippen molar-refractivity contribution in [3.63, 3.8) is 0 Å². The van der Waals surface area contributed by atoms with E-state index >= 15 is 0 Å². The second-order valence-electron chi connectivity index (χ2n) is 4.08. The molecule has 0 N–H and O–H groups in total. The normalized spacial score (nSPS) is 26.5. The first-order valence-electron chi connectivity index (χ1n) is 5.28. The molecule has 0 aromatic rings. The highest BCUT2D eigenvalue weighted by atomic mass is 32.2. The van der Waals surface area contributed by atoms with Crippen LogP contribution in [0.5, 0.6) is 0 Å². The zero-order valence-electron chi connectivity index (χ0n) is 8.57. The third-order valence-electron chi connectivity index (χ3n) is 2.96. The van der Waals surface area contributed by atoms with E-state index in [1.807, 2.05) is 23.7 Å². The van der Waals surface area contributed by atoms with Gasteiger partial charge in [0.25, 0.3) is 5.24 Å². The van der Waals surface area contributed by atoms with Crippen LogP contribution in [0, 0.1) is 0 Å². The number of rotatable bonds is 3. The number of hydrogen-bond acceptors (Lipinski definition) is 3. The van der Waals surface area contributed by atoms with Gasteiger partial charge in [-0.3, -0.25) is 4.79 Å². The summed E-state index contributed by atoms with van der Waals surface area (Å²) in [4.78, 5) is 13.7. The molecule has 0 radical (unpaired) electrons. The van der Waals surface area contributed by atoms with Crippen molar-refractivity contribution in [2.45, 2.75) is 37.0 Å². The SMILES string of the molecule is CN(C(=O)SCC1CS1)C1CCCC1. The fraction of sp³-hybridized carbons (Fsp3) is 0.900. The monoisotopic (exact) mass is 231 g/mol. The largest absolute Gasteiger partial charge is 0.334 e. The maximum absolute atomic E-state index is 11.7. The molecule has 4 heteroatoms. The molecule has 2 aliphatic rings. The molecule has 1 unspecified atom stereocenters. The molecule has 1 saturated carbocycles. The Morgan fingerprint density at radius 3 is 2.71 bits per heavy atom. The van der Waals surface area contributed by atoms with E-state index < -0.39 is 0 Å². The summed E-state index contributed by atoms with van der Waals surface area (Å²) >= 11 is 3.47. The lowest BCUT2D eigenvalue weighted by atomic mass is 10.2. The molecule has 1 saturated heterocycles. The average molecular weight is 231 g/mol. The molecule has 1 heterocycles. The molecule has 1 atom stereocenters. The molecular weight excluding hydrogens is 214 g/mol. The number of nitrogens with zero attached hydrogens (tertiary/aromatic N) is 1. The van der Waals surface area contributed by atoms with Gasteiger partial charge in [0.15, 0.2) is 0 Å². The molecule has 0 aromatic heterocycles. The fourth-order valence-corrected chi connectivity index (χ4v) is 3.66. The number of hydrogen-bond donors (Lipinski definition) is 0. The van der Waals surface area contributed by atoms with E-state index in [4.69, 9.17) is 0 Å². The van der Waals surface area contributed by atoms with Crippen LogP contribution in [0.25, 0.3) is 0 Å². The first kappa shape index (κ1) is 10.7. The maximum Gasteiger partial charge on any atom is 0.281 e. The molecule has 0 aromatic carbocycles. The lowest BCUT2D eigenvalue weighted by Gasteiger charge is -2.23. The minimum absolute atomic E-state index is 0.282. The van der Waals surface area contributed by atoms with Crippen LogP contribution in [-0.2, 0) is 0 Å². The highest BCUT2D eigenvalue weighted by Crippen LogP contribution is 2.34. The van der Waals surface area contributed by atoms with E-state index in [-0.39, 0.29) is 5.24 Å². The summed E-state index contributed by atoms with van der Waals surface area (Å²) in [6.07, 6.45) is 5.01. The molecule has 2 fully saturated rings. The lowest BCUT2D eigenvalue weighted by molar-refractivity contribution is 0.216. The topological polar surface area (TPSA) is 20.3 Å². The third kappa shape index (κ3) is 2.83. The summed E-state index contributed by atoms with van der Waals surface area (Å²) in [5.74, 6) is 2.27. The Kier molecular flexibility index (Phi) is 3.66. The first-order chi connectivity index (χ1) is 6.77. The third-order valence-corrected chi connectivity index (χ3v) is 5.24. The van der Waals surface area contributed by atoms with Gasteiger partial charge in [-0.25, -0.2) is 0 Å². The Hall–Kier alpha value is 0.170. The van der Waals surface area contributed by atoms with Crippen LogP contribution in [0.15, 0.2) is 0 Å². The van der Waals surface area contributed by atoms with Crippen molar-refractivity contribution in [3.05, 3.63) is 0 Å². The van der Waals surface area contributed by atoms with Crippen molar-refractivity contribution in [2.24, 2.45) is 0 Å². The Balaban J connectivity index is 1.71. The fourth-order valence-electron chi connectivity index (χ4n) is 1.87. The predicted molar refractivity (Wildman–Crippen MR) is 64.1 cm³/mol. The molecule has 14 heavy (non-hydrogen) atoms. The molecular formula is C10H17NOS2. The Morgan fingerprint density at radius 1 is 1.50 bits per heavy atom. The zero-order chi connectivity index (χ0) is 9.97. The summed E-state index contributed by atoms with van der Waals surface area (Å²) in [6, 6.07) is 0.529. The quantitative estimate of drug-likeness (QED) is 0.697. The molecule has 0 bridgehead atoms. The van der Waals surface area contributed by atoms with Gasteiger partial charge in [-0.1, -0.05) is 24.6 Å². The van der Waals surface area contributed by atoms with Gasteiger partial charge in [0.05, 0.1) is 0 Å². The van der Waals surface area contributed by atoms with Gasteiger partial charge < -0.3 is 4.90 Å². The van der Waals surface area contributed by atoms with Crippen LogP contribution in [-0.4, -0.2) is 40.0 Å². The first-order valence-corrected chi connectivity index (χ1v) is 7.32. The Labute approximate surface area is 94.2 Å². The van der Waals surface area contributed by atoms with Crippen LogP contribution in [0.2, 0.25) is 0 Å². The molecule has 0 spiro atoms. The maximum atomic E-state index is 11.7. The zero-order valence-corrected chi connectivity index (χ0v) is 10.2. The van der Waals surface area contributed by atoms with Crippen LogP contribution in [0.1, 0.15) is 25.7 Å². The molecule has 2 rings (SSSR count). The van der Waals surface area contributed by atoms with Crippen molar-refractivity contribution in [1.29, 1.82) is 0 Å². The average Bonchev–Trinajstić information content (AvgIpc) is 2.86. The van der Waals surface area contributed by atoms with Gasteiger partial charge in [0.1, 0.15) is 0 Å². The predicted octanol–water partition coefficient (Wildman–Crippen LogP) is 2.83. The van der Waals surface area contributed by atoms with Gasteiger partial charge in [-0.05, 0) is 12.8 Å². The van der Waals surface area contributed by atoms with Crippen LogP contribution >= 0.6 is 23.5 Å². The Bertz CT molecular complexity index is 212. The van der Waals surface area contributed by atoms with Crippen molar-refractivity contribution < 1.29 is 4.79 Å². The minimum atomic E-state index is 0.282. The van der Waals surface area contributed by atoms with E-state index in [1.54, 1.807) is 0 Å². The molecule has 2 nitrogen and oxygen atoms in total. The lowest BCUT2D eigenvalue weighted by Crippen LogP contribution is -2.32. The second kappa shape index (κ2) is 4.79. The number of carbonyl (C=O) groups excluding carboxylic acids is 1. The van der Waals surface area contributed by atoms with E-state index in [1.165, 1.54) is 43.2 Å². The van der Waals surface area contributed by atoms with Gasteiger partial charge in [0.2, 0.25) is 0 Å². The molecule has 1 aliphatic carbocycles. The number of thioether (sulfide) groups is 2. The van der Waals surface area contributed by atoms with Gasteiger partial charge in [-0.2, -0.15) is 11.8 Å². The minimum Gasteiger partial charge on any atom is -0.334 e. The molecule has 1 amide bonds. The van der Waals surface area contributed by atoms with Crippen LogP contribution in [0.3, 0.4) is 0 Å². The molecule has 80 valence electrons. The molecule has 1 aliphatic heterocycles. The van der Waals surface area contributed by atoms with Crippen molar-refractivity contribution in [1.82, 2.24) is 4.90 Å². The van der Waals surface area contributed by atoms with Crippen LogP contribution in [0.4, 0.5) is 4.79 Å².